The van der Waals surface area contributed by atoms with Crippen molar-refractivity contribution in [1.29, 1.82) is 0 Å². The van der Waals surface area contributed by atoms with Gasteiger partial charge >= 0.3 is 5.91 Å². The summed E-state index contributed by atoms with van der Waals surface area (Å²) >= 11 is 1.22. The summed E-state index contributed by atoms with van der Waals surface area (Å²) in [4.78, 5) is 27.6. The minimum atomic E-state index is -0.824. The molecule has 7 nitrogen and oxygen atoms in total. The molecule has 0 radical (unpaired) electrons. The topological polar surface area (TPSA) is 92.6 Å². The first-order chi connectivity index (χ1) is 17.4. The third kappa shape index (κ3) is 4.38. The number of carbonyl (C=O) groups is 2. The van der Waals surface area contributed by atoms with Gasteiger partial charge in [0, 0.05) is 5.56 Å². The Bertz CT molecular complexity index is 1460. The maximum Gasteiger partial charge on any atom is 0.301 e. The van der Waals surface area contributed by atoms with Crippen LogP contribution < -0.4 is 9.64 Å². The number of hydrogen-bond donors (Lipinski definition) is 1. The molecule has 1 aliphatic rings. The second kappa shape index (κ2) is 9.75. The molecule has 0 bridgehead atoms. The van der Waals surface area contributed by atoms with Gasteiger partial charge in [0.1, 0.15) is 23.1 Å². The van der Waals surface area contributed by atoms with Crippen LogP contribution in [-0.4, -0.2) is 27.0 Å². The van der Waals surface area contributed by atoms with Gasteiger partial charge in [-0.2, -0.15) is 0 Å². The summed E-state index contributed by atoms with van der Waals surface area (Å²) in [5.41, 5.74) is 3.32. The molecule has 8 heteroatoms. The average Bonchev–Trinajstić information content (AvgIpc) is 3.44. The number of rotatable bonds is 6. The van der Waals surface area contributed by atoms with Gasteiger partial charge in [-0.25, -0.2) is 0 Å². The Labute approximate surface area is 212 Å². The number of aryl methyl sites for hydroxylation is 2. The lowest BCUT2D eigenvalue weighted by Gasteiger charge is -2.22. The van der Waals surface area contributed by atoms with Gasteiger partial charge in [-0.05, 0) is 54.8 Å². The summed E-state index contributed by atoms with van der Waals surface area (Å²) < 4.78 is 5.90. The monoisotopic (exact) mass is 497 g/mol. The minimum Gasteiger partial charge on any atom is -0.507 e. The quantitative estimate of drug-likeness (QED) is 0.219. The Balaban J connectivity index is 1.49. The maximum atomic E-state index is 13.2. The van der Waals surface area contributed by atoms with Gasteiger partial charge in [0.2, 0.25) is 5.13 Å². The summed E-state index contributed by atoms with van der Waals surface area (Å²) in [5, 5.41) is 20.3. The van der Waals surface area contributed by atoms with E-state index in [1.165, 1.54) is 16.2 Å². The number of amides is 1. The van der Waals surface area contributed by atoms with E-state index in [1.807, 2.05) is 61.5 Å². The molecule has 1 unspecified atom stereocenters. The number of anilines is 1. The van der Waals surface area contributed by atoms with E-state index in [9.17, 15) is 14.7 Å². The predicted molar refractivity (Wildman–Crippen MR) is 138 cm³/mol. The molecule has 4 aromatic rings. The van der Waals surface area contributed by atoms with Crippen molar-refractivity contribution in [3.8, 4) is 5.75 Å². The van der Waals surface area contributed by atoms with Crippen LogP contribution >= 0.6 is 11.3 Å². The fourth-order valence-electron chi connectivity index (χ4n) is 4.16. The third-order valence-electron chi connectivity index (χ3n) is 6.06. The number of Topliss-reactive ketones (excluding diaryl/α,β-unsaturated/α-hetero) is 1. The lowest BCUT2D eigenvalue weighted by Crippen LogP contribution is -2.29. The summed E-state index contributed by atoms with van der Waals surface area (Å²) in [5.74, 6) is -1.15. The highest BCUT2D eigenvalue weighted by molar-refractivity contribution is 7.15. The van der Waals surface area contributed by atoms with E-state index < -0.39 is 17.7 Å². The minimum absolute atomic E-state index is 0.00707. The smallest absolute Gasteiger partial charge is 0.301 e. The van der Waals surface area contributed by atoms with E-state index >= 15 is 0 Å². The van der Waals surface area contributed by atoms with E-state index in [4.69, 9.17) is 4.74 Å². The predicted octanol–water partition coefficient (Wildman–Crippen LogP) is 5.36. The van der Waals surface area contributed by atoms with Crippen LogP contribution in [0.1, 0.15) is 33.3 Å². The van der Waals surface area contributed by atoms with Crippen molar-refractivity contribution < 1.29 is 19.4 Å². The van der Waals surface area contributed by atoms with Crippen molar-refractivity contribution in [3.63, 3.8) is 0 Å². The number of aromatic nitrogens is 2. The molecule has 0 spiro atoms. The van der Waals surface area contributed by atoms with Crippen LogP contribution in [0.2, 0.25) is 0 Å². The number of ether oxygens (including phenoxy) is 1. The van der Waals surface area contributed by atoms with Crippen molar-refractivity contribution in [3.05, 3.63) is 112 Å². The normalized spacial score (nSPS) is 16.9. The molecule has 1 aromatic heterocycles. The number of benzene rings is 3. The molecule has 0 saturated carbocycles. The lowest BCUT2D eigenvalue weighted by molar-refractivity contribution is -0.132. The van der Waals surface area contributed by atoms with Crippen molar-refractivity contribution in [2.24, 2.45) is 0 Å². The highest BCUT2D eigenvalue weighted by atomic mass is 32.1. The first-order valence-corrected chi connectivity index (χ1v) is 12.2. The van der Waals surface area contributed by atoms with Crippen LogP contribution in [0.3, 0.4) is 0 Å². The molecule has 3 aromatic carbocycles. The zero-order valence-corrected chi connectivity index (χ0v) is 20.5. The third-order valence-corrected chi connectivity index (χ3v) is 6.90. The first kappa shape index (κ1) is 23.4. The zero-order chi connectivity index (χ0) is 25.2. The van der Waals surface area contributed by atoms with E-state index in [-0.39, 0.29) is 11.3 Å². The average molecular weight is 498 g/mol. The van der Waals surface area contributed by atoms with Crippen LogP contribution in [0.25, 0.3) is 5.76 Å². The maximum absolute atomic E-state index is 13.2. The summed E-state index contributed by atoms with van der Waals surface area (Å²) in [6.07, 6.45) is 0. The number of hydrogen-bond acceptors (Lipinski definition) is 7. The fourth-order valence-corrected chi connectivity index (χ4v) is 4.88. The first-order valence-electron chi connectivity index (χ1n) is 11.4. The van der Waals surface area contributed by atoms with Crippen molar-refractivity contribution in [2.75, 3.05) is 4.90 Å². The Morgan fingerprint density at radius 2 is 1.64 bits per heavy atom. The molecule has 1 fully saturated rings. The summed E-state index contributed by atoms with van der Waals surface area (Å²) in [6, 6.07) is 23.1. The largest absolute Gasteiger partial charge is 0.507 e. The molecule has 0 aliphatic carbocycles. The van der Waals surface area contributed by atoms with Crippen LogP contribution in [-0.2, 0) is 16.2 Å². The highest BCUT2D eigenvalue weighted by Crippen LogP contribution is 2.42. The molecule has 180 valence electrons. The van der Waals surface area contributed by atoms with Gasteiger partial charge in [-0.3, -0.25) is 14.5 Å². The zero-order valence-electron chi connectivity index (χ0n) is 19.7. The van der Waals surface area contributed by atoms with E-state index in [1.54, 1.807) is 31.2 Å². The summed E-state index contributed by atoms with van der Waals surface area (Å²) in [7, 11) is 0. The standard InChI is InChI=1S/C28H23N3O4S/c1-17-8-6-7-11-21(17)16-35-22-14-12-20(13-15-22)25(32)23-24(19-9-4-3-5-10-19)31(27(34)26(23)33)28-30-29-18(2)36-28/h3-15,24,32H,16H2,1-2H3/b25-23+. The highest BCUT2D eigenvalue weighted by Gasteiger charge is 2.48. The number of aliphatic hydroxyl groups is 1. The SMILES string of the molecule is Cc1nnc(N2C(=O)C(=O)/C(=C(/O)c3ccc(OCc4ccccc4C)cc3)C2c2ccccc2)s1. The number of nitrogens with zero attached hydrogens (tertiary/aromatic N) is 3. The Kier molecular flexibility index (Phi) is 6.35. The molecule has 1 saturated heterocycles. The second-order valence-electron chi connectivity index (χ2n) is 8.42. The molecule has 1 aliphatic heterocycles. The summed E-state index contributed by atoms with van der Waals surface area (Å²) in [6.45, 7) is 4.22. The Morgan fingerprint density at radius 3 is 2.31 bits per heavy atom. The molecule has 36 heavy (non-hydrogen) atoms. The molecular weight excluding hydrogens is 474 g/mol. The molecular formula is C28H23N3O4S. The fraction of sp³-hybridized carbons (Fsp3) is 0.143. The Morgan fingerprint density at radius 1 is 0.944 bits per heavy atom. The Hall–Kier alpha value is -4.30. The van der Waals surface area contributed by atoms with Crippen molar-refractivity contribution in [2.45, 2.75) is 26.5 Å². The molecule has 1 N–H and O–H groups in total. The molecule has 1 atom stereocenters. The van der Waals surface area contributed by atoms with Gasteiger partial charge in [-0.15, -0.1) is 10.2 Å². The van der Waals surface area contributed by atoms with Crippen molar-refractivity contribution >= 4 is 33.9 Å². The van der Waals surface area contributed by atoms with Gasteiger partial charge in [0.25, 0.3) is 5.78 Å². The van der Waals surface area contributed by atoms with Gasteiger partial charge in [0.15, 0.2) is 0 Å². The lowest BCUT2D eigenvalue weighted by atomic mass is 9.95. The molecule has 5 rings (SSSR count). The number of aliphatic hydroxyl groups excluding tert-OH is 1. The second-order valence-corrected chi connectivity index (χ2v) is 9.58. The van der Waals surface area contributed by atoms with E-state index in [0.29, 0.717) is 33.6 Å². The van der Waals surface area contributed by atoms with Crippen LogP contribution in [0.15, 0.2) is 84.4 Å². The van der Waals surface area contributed by atoms with Crippen LogP contribution in [0.5, 0.6) is 5.75 Å². The van der Waals surface area contributed by atoms with Crippen molar-refractivity contribution in [1.82, 2.24) is 10.2 Å². The number of carbonyl (C=O) groups excluding carboxylic acids is 2. The van der Waals surface area contributed by atoms with Gasteiger partial charge < -0.3 is 9.84 Å². The van der Waals surface area contributed by atoms with E-state index in [2.05, 4.69) is 10.2 Å². The number of ketones is 1. The molecule has 2 heterocycles. The van der Waals surface area contributed by atoms with Gasteiger partial charge in [-0.1, -0.05) is 65.9 Å². The molecule has 1 amide bonds. The van der Waals surface area contributed by atoms with Gasteiger partial charge in [0.05, 0.1) is 11.6 Å². The van der Waals surface area contributed by atoms with Crippen LogP contribution in [0, 0.1) is 13.8 Å². The van der Waals surface area contributed by atoms with Crippen LogP contribution in [0.4, 0.5) is 5.13 Å². The van der Waals surface area contributed by atoms with E-state index in [0.717, 1.165) is 11.1 Å².